The van der Waals surface area contributed by atoms with Crippen LogP contribution >= 0.6 is 23.1 Å². The van der Waals surface area contributed by atoms with Crippen LogP contribution in [0.4, 0.5) is 6.01 Å². The van der Waals surface area contributed by atoms with Gasteiger partial charge < -0.3 is 4.42 Å². The summed E-state index contributed by atoms with van der Waals surface area (Å²) in [4.78, 5) is 14.0. The number of hydrogen-bond acceptors (Lipinski definition) is 6. The molecule has 1 amide bonds. The fraction of sp³-hybridized carbons (Fsp3) is 0.0625. The summed E-state index contributed by atoms with van der Waals surface area (Å²) in [6.45, 7) is 0. The molecule has 0 aliphatic heterocycles. The number of nitrogens with zero attached hydrogens (tertiary/aromatic N) is 2. The number of nitrogens with one attached hydrogen (secondary N) is 1. The van der Waals surface area contributed by atoms with E-state index in [0.717, 1.165) is 15.3 Å². The molecule has 116 valence electrons. The summed E-state index contributed by atoms with van der Waals surface area (Å²) in [7, 11) is 0. The van der Waals surface area contributed by atoms with Crippen molar-refractivity contribution in [1.29, 1.82) is 0 Å². The normalized spacial score (nSPS) is 11.0. The predicted molar refractivity (Wildman–Crippen MR) is 93.5 cm³/mol. The molecule has 2 heterocycles. The Balaban J connectivity index is 1.65. The maximum Gasteiger partial charge on any atom is 0.322 e. The molecule has 1 aromatic carbocycles. The van der Waals surface area contributed by atoms with Gasteiger partial charge in [0.15, 0.2) is 0 Å². The molecule has 5 nitrogen and oxygen atoms in total. The summed E-state index contributed by atoms with van der Waals surface area (Å²) in [5.41, 5.74) is 0.810. The van der Waals surface area contributed by atoms with Gasteiger partial charge in [-0.3, -0.25) is 10.1 Å². The fourth-order valence-electron chi connectivity index (χ4n) is 1.81. The second-order valence-corrected chi connectivity index (χ2v) is 6.34. The van der Waals surface area contributed by atoms with Crippen LogP contribution in [0.15, 0.2) is 57.2 Å². The molecule has 3 aromatic rings. The van der Waals surface area contributed by atoms with Gasteiger partial charge in [0.1, 0.15) is 0 Å². The zero-order valence-electron chi connectivity index (χ0n) is 12.2. The van der Waals surface area contributed by atoms with Crippen LogP contribution in [0.5, 0.6) is 0 Å². The Morgan fingerprint density at radius 1 is 1.26 bits per heavy atom. The lowest BCUT2D eigenvalue weighted by molar-refractivity contribution is -0.112. The van der Waals surface area contributed by atoms with Gasteiger partial charge in [-0.15, -0.1) is 28.2 Å². The first-order valence-corrected chi connectivity index (χ1v) is 8.85. The van der Waals surface area contributed by atoms with Gasteiger partial charge in [-0.1, -0.05) is 11.2 Å². The number of benzene rings is 1. The fourth-order valence-corrected chi connectivity index (χ4v) is 2.84. The summed E-state index contributed by atoms with van der Waals surface area (Å²) >= 11 is 3.22. The Morgan fingerprint density at radius 3 is 2.78 bits per heavy atom. The topological polar surface area (TPSA) is 68.0 Å². The van der Waals surface area contributed by atoms with Crippen molar-refractivity contribution >= 4 is 41.1 Å². The zero-order valence-corrected chi connectivity index (χ0v) is 13.9. The second kappa shape index (κ2) is 7.26. The Labute approximate surface area is 141 Å². The molecule has 2 aromatic heterocycles. The van der Waals surface area contributed by atoms with Gasteiger partial charge in [0.05, 0.1) is 0 Å². The number of rotatable bonds is 5. The monoisotopic (exact) mass is 343 g/mol. The molecule has 0 spiro atoms. The van der Waals surface area contributed by atoms with E-state index in [-0.39, 0.29) is 11.9 Å². The highest BCUT2D eigenvalue weighted by molar-refractivity contribution is 7.98. The first kappa shape index (κ1) is 15.5. The maximum atomic E-state index is 11.8. The molecule has 0 bridgehead atoms. The number of amides is 1. The van der Waals surface area contributed by atoms with Crippen molar-refractivity contribution in [2.75, 3.05) is 11.6 Å². The average molecular weight is 343 g/mol. The van der Waals surface area contributed by atoms with Crippen LogP contribution in [-0.2, 0) is 4.79 Å². The van der Waals surface area contributed by atoms with Gasteiger partial charge in [-0.05, 0) is 48.0 Å². The SMILES string of the molecule is CSc1ccc(-c2nnc(NC(=O)C=Cc3cccs3)o2)cc1. The second-order valence-electron chi connectivity index (χ2n) is 4.48. The Bertz CT molecular complexity index is 808. The minimum Gasteiger partial charge on any atom is -0.403 e. The Hall–Kier alpha value is -2.38. The molecular weight excluding hydrogens is 330 g/mol. The molecule has 0 atom stereocenters. The molecule has 0 aliphatic rings. The highest BCUT2D eigenvalue weighted by atomic mass is 32.2. The number of carbonyl (C=O) groups excluding carboxylic acids is 1. The Kier molecular flexibility index (Phi) is 4.89. The van der Waals surface area contributed by atoms with Crippen LogP contribution in [0.25, 0.3) is 17.5 Å². The molecule has 23 heavy (non-hydrogen) atoms. The van der Waals surface area contributed by atoms with E-state index in [1.807, 2.05) is 48.0 Å². The summed E-state index contributed by atoms with van der Waals surface area (Å²) in [5, 5.41) is 12.3. The number of thioether (sulfide) groups is 1. The number of hydrogen-bond donors (Lipinski definition) is 1. The van der Waals surface area contributed by atoms with Gasteiger partial charge in [-0.2, -0.15) is 0 Å². The third-order valence-corrected chi connectivity index (χ3v) is 4.52. The minimum atomic E-state index is -0.314. The average Bonchev–Trinajstić information content (AvgIpc) is 3.25. The number of carbonyl (C=O) groups is 1. The van der Waals surface area contributed by atoms with E-state index in [1.54, 1.807) is 29.2 Å². The molecule has 0 fully saturated rings. The largest absolute Gasteiger partial charge is 0.403 e. The highest BCUT2D eigenvalue weighted by Gasteiger charge is 2.10. The summed E-state index contributed by atoms with van der Waals surface area (Å²) in [6, 6.07) is 11.7. The standard InChI is InChI=1S/C16H13N3O2S2/c1-22-12-6-4-11(5-7-12)15-18-19-16(21-15)17-14(20)9-8-13-3-2-10-23-13/h2-10H,1H3,(H,17,19,20). The minimum absolute atomic E-state index is 0.0785. The van der Waals surface area contributed by atoms with Crippen molar-refractivity contribution in [3.05, 3.63) is 52.7 Å². The van der Waals surface area contributed by atoms with Crippen molar-refractivity contribution < 1.29 is 9.21 Å². The molecule has 0 radical (unpaired) electrons. The van der Waals surface area contributed by atoms with Crippen molar-refractivity contribution in [3.63, 3.8) is 0 Å². The molecule has 0 aliphatic carbocycles. The van der Waals surface area contributed by atoms with E-state index in [1.165, 1.54) is 6.08 Å². The van der Waals surface area contributed by atoms with Crippen LogP contribution in [-0.4, -0.2) is 22.4 Å². The molecular formula is C16H13N3O2S2. The smallest absolute Gasteiger partial charge is 0.322 e. The molecule has 0 saturated carbocycles. The van der Waals surface area contributed by atoms with Crippen molar-refractivity contribution in [2.24, 2.45) is 0 Å². The zero-order chi connectivity index (χ0) is 16.1. The summed E-state index contributed by atoms with van der Waals surface area (Å²) in [5.74, 6) is 0.0570. The van der Waals surface area contributed by atoms with E-state index in [2.05, 4.69) is 15.5 Å². The van der Waals surface area contributed by atoms with Gasteiger partial charge in [-0.25, -0.2) is 0 Å². The number of anilines is 1. The van der Waals surface area contributed by atoms with Gasteiger partial charge in [0, 0.05) is 21.4 Å². The van der Waals surface area contributed by atoms with E-state index in [4.69, 9.17) is 4.42 Å². The van der Waals surface area contributed by atoms with Gasteiger partial charge >= 0.3 is 6.01 Å². The lowest BCUT2D eigenvalue weighted by Gasteiger charge is -1.97. The van der Waals surface area contributed by atoms with Gasteiger partial charge in [0.2, 0.25) is 5.89 Å². The van der Waals surface area contributed by atoms with Crippen molar-refractivity contribution in [3.8, 4) is 11.5 Å². The highest BCUT2D eigenvalue weighted by Crippen LogP contribution is 2.23. The van der Waals surface area contributed by atoms with E-state index >= 15 is 0 Å². The van der Waals surface area contributed by atoms with E-state index in [0.29, 0.717) is 5.89 Å². The molecule has 1 N–H and O–H groups in total. The van der Waals surface area contributed by atoms with Gasteiger partial charge in [0.25, 0.3) is 5.91 Å². The third kappa shape index (κ3) is 4.08. The molecule has 7 heteroatoms. The lowest BCUT2D eigenvalue weighted by Crippen LogP contribution is -2.07. The van der Waals surface area contributed by atoms with Crippen LogP contribution in [0.2, 0.25) is 0 Å². The van der Waals surface area contributed by atoms with E-state index in [9.17, 15) is 4.79 Å². The number of aromatic nitrogens is 2. The summed E-state index contributed by atoms with van der Waals surface area (Å²) < 4.78 is 5.46. The third-order valence-electron chi connectivity index (χ3n) is 2.93. The molecule has 0 saturated heterocycles. The first-order valence-electron chi connectivity index (χ1n) is 6.75. The molecule has 0 unspecified atom stereocenters. The lowest BCUT2D eigenvalue weighted by atomic mass is 10.2. The number of thiophene rings is 1. The summed E-state index contributed by atoms with van der Waals surface area (Å²) in [6.07, 6.45) is 5.18. The van der Waals surface area contributed by atoms with E-state index < -0.39 is 0 Å². The van der Waals surface area contributed by atoms with Crippen LogP contribution in [0.1, 0.15) is 4.88 Å². The first-order chi connectivity index (χ1) is 11.2. The van der Waals surface area contributed by atoms with Crippen molar-refractivity contribution in [2.45, 2.75) is 4.90 Å². The Morgan fingerprint density at radius 2 is 2.09 bits per heavy atom. The molecule has 3 rings (SSSR count). The van der Waals surface area contributed by atoms with Crippen molar-refractivity contribution in [1.82, 2.24) is 10.2 Å². The van der Waals surface area contributed by atoms with Crippen LogP contribution < -0.4 is 5.32 Å². The predicted octanol–water partition coefficient (Wildman–Crippen LogP) is 4.17. The quantitative estimate of drug-likeness (QED) is 0.556. The van der Waals surface area contributed by atoms with Crippen LogP contribution in [0, 0.1) is 0 Å². The maximum absolute atomic E-state index is 11.8. The van der Waals surface area contributed by atoms with Crippen LogP contribution in [0.3, 0.4) is 0 Å².